The fourth-order valence-electron chi connectivity index (χ4n) is 4.30. The van der Waals surface area contributed by atoms with Crippen molar-refractivity contribution < 1.29 is 4.79 Å². The lowest BCUT2D eigenvalue weighted by Gasteiger charge is -2.27. The summed E-state index contributed by atoms with van der Waals surface area (Å²) in [4.78, 5) is 14.5. The second kappa shape index (κ2) is 8.55. The normalized spacial score (nSPS) is 13.6. The van der Waals surface area contributed by atoms with Gasteiger partial charge < -0.3 is 4.57 Å². The number of aryl methyl sites for hydroxylation is 1. The number of thioether (sulfide) groups is 1. The zero-order chi connectivity index (χ0) is 21.2. The molecule has 31 heavy (non-hydrogen) atoms. The van der Waals surface area contributed by atoms with Crippen LogP contribution >= 0.6 is 11.8 Å². The van der Waals surface area contributed by atoms with Crippen LogP contribution in [0.3, 0.4) is 0 Å². The SMILES string of the molecule is CSc1cc2c(nn1)N(CCc1cn(Cc3ccccc3)c3ccccc13)C(=O)CC2. The lowest BCUT2D eigenvalue weighted by Crippen LogP contribution is -2.37. The number of aromatic nitrogens is 3. The van der Waals surface area contributed by atoms with Gasteiger partial charge in [0.05, 0.1) is 0 Å². The van der Waals surface area contributed by atoms with Gasteiger partial charge in [0.25, 0.3) is 0 Å². The number of hydrogen-bond donors (Lipinski definition) is 0. The first kappa shape index (κ1) is 19.8. The molecule has 156 valence electrons. The van der Waals surface area contributed by atoms with Crippen LogP contribution in [0.4, 0.5) is 5.82 Å². The molecular formula is C25H24N4OS. The van der Waals surface area contributed by atoms with E-state index in [-0.39, 0.29) is 5.91 Å². The van der Waals surface area contributed by atoms with E-state index in [1.54, 1.807) is 11.8 Å². The molecule has 2 aromatic heterocycles. The fourth-order valence-corrected chi connectivity index (χ4v) is 4.69. The minimum absolute atomic E-state index is 0.131. The smallest absolute Gasteiger partial charge is 0.228 e. The van der Waals surface area contributed by atoms with E-state index >= 15 is 0 Å². The van der Waals surface area contributed by atoms with Crippen molar-refractivity contribution >= 4 is 34.4 Å². The van der Waals surface area contributed by atoms with Gasteiger partial charge in [-0.05, 0) is 42.4 Å². The van der Waals surface area contributed by atoms with E-state index in [1.165, 1.54) is 22.0 Å². The third-order valence-corrected chi connectivity index (χ3v) is 6.49. The second-order valence-corrected chi connectivity index (χ2v) is 8.64. The summed E-state index contributed by atoms with van der Waals surface area (Å²) in [5.41, 5.74) is 4.86. The van der Waals surface area contributed by atoms with Crippen LogP contribution in [-0.4, -0.2) is 33.5 Å². The lowest BCUT2D eigenvalue weighted by atomic mass is 10.0. The van der Waals surface area contributed by atoms with Gasteiger partial charge in [-0.2, -0.15) is 0 Å². The van der Waals surface area contributed by atoms with Crippen molar-refractivity contribution in [2.45, 2.75) is 30.8 Å². The van der Waals surface area contributed by atoms with E-state index in [4.69, 9.17) is 0 Å². The Morgan fingerprint density at radius 1 is 1.00 bits per heavy atom. The Morgan fingerprint density at radius 3 is 2.65 bits per heavy atom. The summed E-state index contributed by atoms with van der Waals surface area (Å²) < 4.78 is 2.30. The second-order valence-electron chi connectivity index (χ2n) is 7.82. The molecule has 3 heterocycles. The molecular weight excluding hydrogens is 404 g/mol. The number of amides is 1. The number of nitrogens with zero attached hydrogens (tertiary/aromatic N) is 4. The average Bonchev–Trinajstić information content (AvgIpc) is 3.16. The van der Waals surface area contributed by atoms with Crippen molar-refractivity contribution in [3.63, 3.8) is 0 Å². The summed E-state index contributed by atoms with van der Waals surface area (Å²) in [6.07, 6.45) is 6.27. The molecule has 0 saturated heterocycles. The lowest BCUT2D eigenvalue weighted by molar-refractivity contribution is -0.118. The standard InChI is InChI=1S/C25H24N4OS/c1-31-23-15-19-11-12-24(30)29(25(19)27-26-23)14-13-20-17-28(16-18-7-3-2-4-8-18)22-10-6-5-9-21(20)22/h2-10,15,17H,11-14,16H2,1H3. The van der Waals surface area contributed by atoms with Gasteiger partial charge in [-0.25, -0.2) is 0 Å². The predicted molar refractivity (Wildman–Crippen MR) is 126 cm³/mol. The van der Waals surface area contributed by atoms with E-state index in [0.717, 1.165) is 35.8 Å². The number of carbonyl (C=O) groups excluding carboxylic acids is 1. The van der Waals surface area contributed by atoms with Gasteiger partial charge in [-0.15, -0.1) is 22.0 Å². The monoisotopic (exact) mass is 428 g/mol. The van der Waals surface area contributed by atoms with Crippen molar-refractivity contribution in [2.24, 2.45) is 0 Å². The highest BCUT2D eigenvalue weighted by molar-refractivity contribution is 7.98. The molecule has 1 amide bonds. The molecule has 0 N–H and O–H groups in total. The Kier molecular flexibility index (Phi) is 5.47. The molecule has 0 atom stereocenters. The van der Waals surface area contributed by atoms with Crippen LogP contribution in [0.5, 0.6) is 0 Å². The highest BCUT2D eigenvalue weighted by Crippen LogP contribution is 2.29. The number of benzene rings is 2. The molecule has 5 nitrogen and oxygen atoms in total. The summed E-state index contributed by atoms with van der Waals surface area (Å²) in [5, 5.41) is 10.8. The Bertz CT molecular complexity index is 1230. The number of fused-ring (bicyclic) bond motifs is 2. The summed E-state index contributed by atoms with van der Waals surface area (Å²) in [6, 6.07) is 21.1. The highest BCUT2D eigenvalue weighted by atomic mass is 32.2. The van der Waals surface area contributed by atoms with Crippen molar-refractivity contribution in [3.05, 3.63) is 83.6 Å². The zero-order valence-electron chi connectivity index (χ0n) is 17.5. The Balaban J connectivity index is 1.42. The van der Waals surface area contributed by atoms with Gasteiger partial charge in [0, 0.05) is 42.2 Å². The van der Waals surface area contributed by atoms with Gasteiger partial charge >= 0.3 is 0 Å². The molecule has 0 saturated carbocycles. The van der Waals surface area contributed by atoms with Crippen LogP contribution < -0.4 is 4.90 Å². The molecule has 0 bridgehead atoms. The summed E-state index contributed by atoms with van der Waals surface area (Å²) in [7, 11) is 0. The molecule has 0 aliphatic carbocycles. The van der Waals surface area contributed by atoms with Gasteiger partial charge in [0.15, 0.2) is 5.82 Å². The predicted octanol–water partition coefficient (Wildman–Crippen LogP) is 4.72. The van der Waals surface area contributed by atoms with Crippen LogP contribution in [-0.2, 0) is 24.2 Å². The number of para-hydroxylation sites is 1. The molecule has 0 fully saturated rings. The van der Waals surface area contributed by atoms with Crippen LogP contribution in [0.2, 0.25) is 0 Å². The van der Waals surface area contributed by atoms with E-state index in [9.17, 15) is 4.79 Å². The highest BCUT2D eigenvalue weighted by Gasteiger charge is 2.26. The molecule has 2 aromatic carbocycles. The molecule has 5 rings (SSSR count). The number of carbonyl (C=O) groups is 1. The van der Waals surface area contributed by atoms with E-state index in [2.05, 4.69) is 75.6 Å². The van der Waals surface area contributed by atoms with Crippen LogP contribution in [0.15, 0.2) is 71.9 Å². The maximum absolute atomic E-state index is 12.7. The number of rotatable bonds is 6. The molecule has 4 aromatic rings. The quantitative estimate of drug-likeness (QED) is 0.417. The van der Waals surface area contributed by atoms with Crippen molar-refractivity contribution in [1.82, 2.24) is 14.8 Å². The first-order valence-electron chi connectivity index (χ1n) is 10.5. The Morgan fingerprint density at radius 2 is 1.81 bits per heavy atom. The van der Waals surface area contributed by atoms with Crippen molar-refractivity contribution in [2.75, 3.05) is 17.7 Å². The summed E-state index contributed by atoms with van der Waals surface area (Å²) >= 11 is 1.58. The minimum Gasteiger partial charge on any atom is -0.343 e. The Hall–Kier alpha value is -3.12. The molecule has 0 spiro atoms. The minimum atomic E-state index is 0.131. The van der Waals surface area contributed by atoms with E-state index in [1.807, 2.05) is 17.2 Å². The van der Waals surface area contributed by atoms with Crippen LogP contribution in [0, 0.1) is 0 Å². The number of hydrogen-bond acceptors (Lipinski definition) is 4. The van der Waals surface area contributed by atoms with Gasteiger partial charge in [-0.1, -0.05) is 48.5 Å². The number of anilines is 1. The van der Waals surface area contributed by atoms with E-state index < -0.39 is 0 Å². The largest absolute Gasteiger partial charge is 0.343 e. The zero-order valence-corrected chi connectivity index (χ0v) is 18.3. The summed E-state index contributed by atoms with van der Waals surface area (Å²) in [6.45, 7) is 1.44. The van der Waals surface area contributed by atoms with Crippen LogP contribution in [0.25, 0.3) is 10.9 Å². The third kappa shape index (κ3) is 3.95. The first-order valence-corrected chi connectivity index (χ1v) is 11.8. The molecule has 1 aliphatic heterocycles. The van der Waals surface area contributed by atoms with Crippen LogP contribution in [0.1, 0.15) is 23.1 Å². The maximum atomic E-state index is 12.7. The summed E-state index contributed by atoms with van der Waals surface area (Å²) in [5.74, 6) is 0.855. The average molecular weight is 429 g/mol. The van der Waals surface area contributed by atoms with E-state index in [0.29, 0.717) is 13.0 Å². The maximum Gasteiger partial charge on any atom is 0.228 e. The molecule has 6 heteroatoms. The van der Waals surface area contributed by atoms with Gasteiger partial charge in [-0.3, -0.25) is 9.69 Å². The topological polar surface area (TPSA) is 51.0 Å². The third-order valence-electron chi connectivity index (χ3n) is 5.87. The fraction of sp³-hybridized carbons (Fsp3) is 0.240. The van der Waals surface area contributed by atoms with Crippen molar-refractivity contribution in [3.8, 4) is 0 Å². The molecule has 0 unspecified atom stereocenters. The first-order chi connectivity index (χ1) is 15.2. The molecule has 1 aliphatic rings. The molecule has 0 radical (unpaired) electrons. The van der Waals surface area contributed by atoms with Gasteiger partial charge in [0.2, 0.25) is 5.91 Å². The Labute approximate surface area is 186 Å². The van der Waals surface area contributed by atoms with Gasteiger partial charge in [0.1, 0.15) is 5.03 Å². The van der Waals surface area contributed by atoms with Crippen molar-refractivity contribution in [1.29, 1.82) is 0 Å².